The van der Waals surface area contributed by atoms with E-state index in [-0.39, 0.29) is 28.6 Å². The Balaban J connectivity index is 1.07. The minimum absolute atomic E-state index is 0.0586. The number of imidazole rings is 1. The van der Waals surface area contributed by atoms with E-state index in [1.54, 1.807) is 28.6 Å². The molecule has 3 aromatic rings. The number of fused-ring (bicyclic) bond motifs is 2. The Morgan fingerprint density at radius 3 is 2.56 bits per heavy atom. The number of piperidine rings is 1. The average Bonchev–Trinajstić information content (AvgIpc) is 3.45. The average molecular weight is 610 g/mol. The normalized spacial score (nSPS) is 20.9. The highest BCUT2D eigenvalue weighted by Crippen LogP contribution is 2.44. The summed E-state index contributed by atoms with van der Waals surface area (Å²) in [5.74, 6) is 1.97. The number of hydrogen-bond donors (Lipinski definition) is 3. The molecule has 230 valence electrons. The van der Waals surface area contributed by atoms with Crippen molar-refractivity contribution in [2.24, 2.45) is 23.5 Å². The smallest absolute Gasteiger partial charge is 0.350 e. The first-order valence-electron chi connectivity index (χ1n) is 14.9. The molecule has 0 atom stereocenters. The van der Waals surface area contributed by atoms with Crippen LogP contribution in [0.5, 0.6) is 11.5 Å². The summed E-state index contributed by atoms with van der Waals surface area (Å²) in [4.78, 5) is 27.9. The van der Waals surface area contributed by atoms with Gasteiger partial charge in [0.1, 0.15) is 0 Å². The van der Waals surface area contributed by atoms with E-state index < -0.39 is 15.1 Å². The number of anilines is 2. The Hall–Kier alpha value is -3.91. The van der Waals surface area contributed by atoms with Crippen molar-refractivity contribution in [3.05, 3.63) is 53.0 Å². The molecule has 13 nitrogen and oxygen atoms in total. The molecule has 0 spiro atoms. The number of sulfone groups is 1. The minimum atomic E-state index is -3.44. The molecule has 5 N–H and O–H groups in total. The second-order valence-electron chi connectivity index (χ2n) is 11.8. The van der Waals surface area contributed by atoms with Gasteiger partial charge >= 0.3 is 5.69 Å². The van der Waals surface area contributed by atoms with Crippen LogP contribution in [0.4, 0.5) is 11.5 Å². The molecule has 0 amide bonds. The van der Waals surface area contributed by atoms with Crippen LogP contribution < -0.4 is 27.2 Å². The van der Waals surface area contributed by atoms with E-state index in [0.717, 1.165) is 63.0 Å². The number of hydrogen-bond acceptors (Lipinski definition) is 9. The third-order valence-electron chi connectivity index (χ3n) is 8.83. The predicted octanol–water partition coefficient (Wildman–Crippen LogP) is 2.63. The Morgan fingerprint density at radius 1 is 1.09 bits per heavy atom. The molecule has 2 aliphatic heterocycles. The van der Waals surface area contributed by atoms with Crippen molar-refractivity contribution < 1.29 is 13.2 Å². The molecule has 0 unspecified atom stereocenters. The van der Waals surface area contributed by atoms with Crippen LogP contribution in [-0.2, 0) is 16.9 Å². The largest absolute Gasteiger partial charge is 0.450 e. The number of likely N-dealkylation sites (tertiary alicyclic amines) is 1. The second-order valence-corrected chi connectivity index (χ2v) is 13.9. The number of benzene rings is 1. The molecule has 14 heteroatoms. The first-order chi connectivity index (χ1) is 20.7. The summed E-state index contributed by atoms with van der Waals surface area (Å²) in [6.45, 7) is 3.30. The maximum absolute atomic E-state index is 13.0. The Labute approximate surface area is 250 Å². The Morgan fingerprint density at radius 2 is 1.86 bits per heavy atom. The van der Waals surface area contributed by atoms with E-state index in [4.69, 9.17) is 16.2 Å². The molecule has 6 rings (SSSR count). The maximum Gasteiger partial charge on any atom is 0.350 e. The standard InChI is InChI=1S/C29H39N9O4S/c1-36-17-26(33-18-36)43(40,41)22-6-3-19(4-7-22)20-5-8-24-23(15-20)34-27-25(42-24)16-38(29(39)35-27)21-9-13-37(14-10-21)12-2-11-32-28(30)31/h5,8,15-19,21-22H,2-4,6-7,9-14H2,1H3,(H4,30,31,32)(H,34,35,39). The van der Waals surface area contributed by atoms with Crippen LogP contribution in [0.1, 0.15) is 62.5 Å². The zero-order chi connectivity index (χ0) is 30.1. The zero-order valence-corrected chi connectivity index (χ0v) is 25.2. The third kappa shape index (κ3) is 6.25. The molecule has 0 radical (unpaired) electrons. The molecule has 1 saturated heterocycles. The van der Waals surface area contributed by atoms with Gasteiger partial charge in [-0.1, -0.05) is 6.07 Å². The fourth-order valence-electron chi connectivity index (χ4n) is 6.45. The predicted molar refractivity (Wildman–Crippen MR) is 164 cm³/mol. The Kier molecular flexibility index (Phi) is 8.14. The minimum Gasteiger partial charge on any atom is -0.450 e. The van der Waals surface area contributed by atoms with Crippen LogP contribution in [-0.4, -0.2) is 69.8 Å². The number of ether oxygens (including phenoxy) is 1. The fourth-order valence-corrected chi connectivity index (χ4v) is 8.19. The number of rotatable bonds is 8. The van der Waals surface area contributed by atoms with Gasteiger partial charge in [-0.2, -0.15) is 4.98 Å². The molecule has 4 heterocycles. The number of nitrogens with one attached hydrogen (secondary N) is 1. The zero-order valence-electron chi connectivity index (χ0n) is 24.4. The van der Waals surface area contributed by atoms with Crippen molar-refractivity contribution in [2.75, 3.05) is 31.5 Å². The monoisotopic (exact) mass is 609 g/mol. The fraction of sp³-hybridized carbons (Fsp3) is 0.517. The van der Waals surface area contributed by atoms with Crippen molar-refractivity contribution in [3.8, 4) is 11.5 Å². The summed E-state index contributed by atoms with van der Waals surface area (Å²) in [5, 5.41) is 3.03. The Bertz CT molecular complexity index is 1660. The summed E-state index contributed by atoms with van der Waals surface area (Å²) in [6.07, 6.45) is 10.2. The van der Waals surface area contributed by atoms with E-state index in [1.165, 1.54) is 6.33 Å². The number of nitrogens with zero attached hydrogens (tertiary/aromatic N) is 6. The van der Waals surface area contributed by atoms with Crippen LogP contribution in [0.2, 0.25) is 0 Å². The lowest BCUT2D eigenvalue weighted by Gasteiger charge is -2.33. The number of aryl methyl sites for hydroxylation is 1. The van der Waals surface area contributed by atoms with Crippen LogP contribution in [0, 0.1) is 0 Å². The van der Waals surface area contributed by atoms with Crippen LogP contribution in [0.15, 0.2) is 51.7 Å². The lowest BCUT2D eigenvalue weighted by Crippen LogP contribution is -2.38. The van der Waals surface area contributed by atoms with Gasteiger partial charge in [-0.05, 0) is 75.1 Å². The highest BCUT2D eigenvalue weighted by molar-refractivity contribution is 7.92. The first kappa shape index (κ1) is 29.2. The highest BCUT2D eigenvalue weighted by atomic mass is 32.2. The van der Waals surface area contributed by atoms with Gasteiger partial charge in [-0.3, -0.25) is 9.56 Å². The lowest BCUT2D eigenvalue weighted by molar-refractivity contribution is 0.182. The van der Waals surface area contributed by atoms with Crippen LogP contribution in [0.3, 0.4) is 0 Å². The van der Waals surface area contributed by atoms with Crippen molar-refractivity contribution in [1.82, 2.24) is 24.0 Å². The van der Waals surface area contributed by atoms with Crippen molar-refractivity contribution in [1.29, 1.82) is 0 Å². The maximum atomic E-state index is 13.0. The molecule has 1 aromatic carbocycles. The lowest BCUT2D eigenvalue weighted by atomic mass is 9.83. The molecular formula is C29H39N9O4S. The van der Waals surface area contributed by atoms with Gasteiger partial charge in [0.05, 0.1) is 23.5 Å². The van der Waals surface area contributed by atoms with Gasteiger partial charge in [0.15, 0.2) is 38.1 Å². The van der Waals surface area contributed by atoms with E-state index in [2.05, 4.69) is 31.2 Å². The number of aromatic nitrogens is 4. The molecule has 3 aliphatic rings. The molecule has 0 bridgehead atoms. The van der Waals surface area contributed by atoms with Gasteiger partial charge in [0.25, 0.3) is 0 Å². The number of aliphatic imine (C=N–C) groups is 1. The van der Waals surface area contributed by atoms with Crippen molar-refractivity contribution in [3.63, 3.8) is 0 Å². The van der Waals surface area contributed by atoms with E-state index in [0.29, 0.717) is 36.7 Å². The first-order valence-corrected chi connectivity index (χ1v) is 16.4. The molecule has 2 fully saturated rings. The van der Waals surface area contributed by atoms with E-state index >= 15 is 0 Å². The van der Waals surface area contributed by atoms with Gasteiger partial charge in [-0.25, -0.2) is 18.2 Å². The van der Waals surface area contributed by atoms with Gasteiger partial charge < -0.3 is 31.0 Å². The SMILES string of the molecule is Cn1cnc(S(=O)(=O)C2CCC(c3ccc4c(c3)Nc3nc(=O)n(C5CCN(CCCN=C(N)N)CC5)cc3O4)CC2)c1. The second kappa shape index (κ2) is 12.0. The molecular weight excluding hydrogens is 570 g/mol. The van der Waals surface area contributed by atoms with E-state index in [1.807, 2.05) is 12.1 Å². The third-order valence-corrected chi connectivity index (χ3v) is 11.0. The molecule has 2 aromatic heterocycles. The topological polar surface area (TPSA) is 176 Å². The van der Waals surface area contributed by atoms with E-state index in [9.17, 15) is 13.2 Å². The van der Waals surface area contributed by atoms with Crippen LogP contribution >= 0.6 is 0 Å². The van der Waals surface area contributed by atoms with Crippen molar-refractivity contribution in [2.45, 2.75) is 67.2 Å². The summed E-state index contributed by atoms with van der Waals surface area (Å²) in [7, 11) is -1.67. The number of guanidine groups is 1. The molecule has 43 heavy (non-hydrogen) atoms. The summed E-state index contributed by atoms with van der Waals surface area (Å²) >= 11 is 0. The summed E-state index contributed by atoms with van der Waals surface area (Å²) in [6, 6.07) is 6.08. The van der Waals surface area contributed by atoms with Gasteiger partial charge in [0.2, 0.25) is 0 Å². The summed E-state index contributed by atoms with van der Waals surface area (Å²) in [5.41, 5.74) is 12.4. The van der Waals surface area contributed by atoms with Gasteiger partial charge in [-0.15, -0.1) is 0 Å². The van der Waals surface area contributed by atoms with Gasteiger partial charge in [0, 0.05) is 38.9 Å². The number of nitrogens with two attached hydrogens (primary N) is 2. The molecule has 1 aliphatic carbocycles. The van der Waals surface area contributed by atoms with Crippen molar-refractivity contribution >= 4 is 27.3 Å². The quantitative estimate of drug-likeness (QED) is 0.153. The summed E-state index contributed by atoms with van der Waals surface area (Å²) < 4.78 is 35.6. The highest BCUT2D eigenvalue weighted by Gasteiger charge is 2.34. The van der Waals surface area contributed by atoms with Crippen LogP contribution in [0.25, 0.3) is 0 Å². The molecule has 1 saturated carbocycles.